The molecule has 0 unspecified atom stereocenters. The second kappa shape index (κ2) is 2.30. The molecule has 0 aromatic heterocycles. The lowest BCUT2D eigenvalue weighted by molar-refractivity contribution is 0.158. The number of rotatable bonds is 0. The third kappa shape index (κ3) is 1.98. The Morgan fingerprint density at radius 2 is 2.11 bits per heavy atom. The van der Waals surface area contributed by atoms with Gasteiger partial charge >= 0.3 is 0 Å². The van der Waals surface area contributed by atoms with Crippen molar-refractivity contribution < 1.29 is 0 Å². The second-order valence-corrected chi connectivity index (χ2v) is 3.82. The smallest absolute Gasteiger partial charge is 0.0250 e. The van der Waals surface area contributed by atoms with Crippen molar-refractivity contribution in [3.8, 4) is 0 Å². The molecule has 9 heavy (non-hydrogen) atoms. The Labute approximate surface area is 58.0 Å². The second-order valence-electron chi connectivity index (χ2n) is 3.82. The molecule has 1 rings (SSSR count). The van der Waals surface area contributed by atoms with E-state index in [1.54, 1.807) is 0 Å². The molecule has 1 aliphatic heterocycles. The third-order valence-electron chi connectivity index (χ3n) is 1.98. The summed E-state index contributed by atoms with van der Waals surface area (Å²) >= 11 is 0. The lowest BCUT2D eigenvalue weighted by atomic mass is 9.84. The zero-order chi connectivity index (χ0) is 6.91. The van der Waals surface area contributed by atoms with Crippen LogP contribution in [-0.4, -0.2) is 18.0 Å². The summed E-state index contributed by atoms with van der Waals surface area (Å²) in [5.74, 6) is 0. The molecule has 0 amide bonds. The summed E-state index contributed by atoms with van der Waals surface area (Å²) in [7, 11) is 3.93. The summed E-state index contributed by atoms with van der Waals surface area (Å²) in [6.45, 7) is 6.96. The minimum Gasteiger partial charge on any atom is -0.459 e. The predicted octanol–water partition coefficient (Wildman–Crippen LogP) is 1.90. The van der Waals surface area contributed by atoms with Crippen LogP contribution in [0.3, 0.4) is 0 Å². The average molecular weight is 126 g/mol. The van der Waals surface area contributed by atoms with E-state index in [1.807, 2.05) is 0 Å². The van der Waals surface area contributed by atoms with Crippen molar-refractivity contribution in [3.63, 3.8) is 0 Å². The van der Waals surface area contributed by atoms with Crippen LogP contribution in [0, 0.1) is 12.5 Å². The molecule has 0 aromatic rings. The fourth-order valence-electron chi connectivity index (χ4n) is 1.54. The largest absolute Gasteiger partial charge is 0.459 e. The highest BCUT2D eigenvalue weighted by Gasteiger charge is 2.20. The van der Waals surface area contributed by atoms with Crippen LogP contribution in [0.4, 0.5) is 0 Å². The molecule has 1 heteroatoms. The van der Waals surface area contributed by atoms with E-state index in [2.05, 4.69) is 25.8 Å². The first-order valence-electron chi connectivity index (χ1n) is 3.66. The van der Waals surface area contributed by atoms with Gasteiger partial charge in [0.15, 0.2) is 0 Å². The molecule has 0 N–H and O–H groups in total. The Morgan fingerprint density at radius 1 is 1.44 bits per heavy atom. The van der Waals surface area contributed by atoms with Gasteiger partial charge < -0.3 is 4.90 Å². The van der Waals surface area contributed by atoms with Crippen molar-refractivity contribution in [2.45, 2.75) is 26.7 Å². The summed E-state index contributed by atoms with van der Waals surface area (Å²) in [6, 6.07) is 0. The van der Waals surface area contributed by atoms with Crippen LogP contribution in [0.2, 0.25) is 0 Å². The number of nitrogens with zero attached hydrogens (tertiary/aromatic N) is 1. The Bertz CT molecular complexity index is 96.7. The summed E-state index contributed by atoms with van der Waals surface area (Å²) in [6.07, 6.45) is 2.68. The maximum absolute atomic E-state index is 3.93. The first kappa shape index (κ1) is 7.07. The summed E-state index contributed by atoms with van der Waals surface area (Å²) in [5.41, 5.74) is 0.514. The predicted molar refractivity (Wildman–Crippen MR) is 39.9 cm³/mol. The number of hydrogen-bond donors (Lipinski definition) is 0. The van der Waals surface area contributed by atoms with Gasteiger partial charge in [0.05, 0.1) is 0 Å². The van der Waals surface area contributed by atoms with Crippen molar-refractivity contribution in [1.82, 2.24) is 4.90 Å². The lowest BCUT2D eigenvalue weighted by Gasteiger charge is -2.40. The molecule has 1 nitrogen and oxygen atoms in total. The van der Waals surface area contributed by atoms with Gasteiger partial charge in [-0.15, -0.1) is 0 Å². The van der Waals surface area contributed by atoms with Gasteiger partial charge in [-0.2, -0.15) is 0 Å². The number of hydrogen-bond acceptors (Lipinski definition) is 1. The molecule has 1 aliphatic rings. The molecule has 1 fully saturated rings. The van der Waals surface area contributed by atoms with Crippen molar-refractivity contribution in [1.29, 1.82) is 0 Å². The molecular formula is C8H16N-. The van der Waals surface area contributed by atoms with Gasteiger partial charge in [-0.3, -0.25) is 7.05 Å². The van der Waals surface area contributed by atoms with E-state index >= 15 is 0 Å². The van der Waals surface area contributed by atoms with Gasteiger partial charge in [0.2, 0.25) is 0 Å². The molecule has 54 valence electrons. The minimum absolute atomic E-state index is 0.514. The summed E-state index contributed by atoms with van der Waals surface area (Å²) in [4.78, 5) is 2.17. The summed E-state index contributed by atoms with van der Waals surface area (Å²) < 4.78 is 0. The van der Waals surface area contributed by atoms with Crippen molar-refractivity contribution in [2.75, 3.05) is 13.1 Å². The van der Waals surface area contributed by atoms with Gasteiger partial charge in [0, 0.05) is 0 Å². The van der Waals surface area contributed by atoms with Crippen LogP contribution < -0.4 is 0 Å². The van der Waals surface area contributed by atoms with E-state index in [-0.39, 0.29) is 0 Å². The zero-order valence-corrected chi connectivity index (χ0v) is 6.48. The van der Waals surface area contributed by atoms with Crippen LogP contribution >= 0.6 is 0 Å². The molecule has 0 aliphatic carbocycles. The van der Waals surface area contributed by atoms with Gasteiger partial charge in [-0.25, -0.2) is 0 Å². The minimum atomic E-state index is 0.514. The molecule has 1 heterocycles. The molecule has 1 saturated heterocycles. The van der Waals surface area contributed by atoms with Gasteiger partial charge in [-0.05, 0) is 31.3 Å². The fraction of sp³-hybridized carbons (Fsp3) is 0.875. The van der Waals surface area contributed by atoms with Gasteiger partial charge in [0.25, 0.3) is 0 Å². The van der Waals surface area contributed by atoms with E-state index in [1.165, 1.54) is 19.4 Å². The van der Waals surface area contributed by atoms with Crippen LogP contribution in [0.1, 0.15) is 26.7 Å². The molecule has 0 radical (unpaired) electrons. The van der Waals surface area contributed by atoms with Crippen LogP contribution in [0.15, 0.2) is 0 Å². The Hall–Kier alpha value is -0.0400. The highest BCUT2D eigenvalue weighted by atomic mass is 15.1. The maximum atomic E-state index is 3.93. The summed E-state index contributed by atoms with van der Waals surface area (Å²) in [5, 5.41) is 0. The zero-order valence-electron chi connectivity index (χ0n) is 6.48. The van der Waals surface area contributed by atoms with Crippen molar-refractivity contribution in [2.24, 2.45) is 5.41 Å². The van der Waals surface area contributed by atoms with E-state index in [4.69, 9.17) is 0 Å². The molecule has 0 aromatic carbocycles. The van der Waals surface area contributed by atoms with Crippen molar-refractivity contribution in [3.05, 3.63) is 7.05 Å². The molecule has 0 spiro atoms. The van der Waals surface area contributed by atoms with Gasteiger partial charge in [0.1, 0.15) is 0 Å². The topological polar surface area (TPSA) is 3.24 Å². The molecular weight excluding hydrogens is 110 g/mol. The number of piperidine rings is 1. The standard InChI is InChI=1S/C8H16N/c1-8(2)5-4-6-9(3)7-8/h3-7H2,1-2H3/q-1. The maximum Gasteiger partial charge on any atom is -0.0250 e. The number of likely N-dealkylation sites (tertiary alicyclic amines) is 1. The average Bonchev–Trinajstić information content (AvgIpc) is 1.60. The fourth-order valence-corrected chi connectivity index (χ4v) is 1.54. The molecule has 0 atom stereocenters. The van der Waals surface area contributed by atoms with Crippen molar-refractivity contribution >= 4 is 0 Å². The highest BCUT2D eigenvalue weighted by molar-refractivity contribution is 4.78. The highest BCUT2D eigenvalue weighted by Crippen LogP contribution is 2.27. The SMILES string of the molecule is [CH2-]N1CCCC(C)(C)C1. The Kier molecular flexibility index (Phi) is 1.80. The van der Waals surface area contributed by atoms with E-state index in [0.29, 0.717) is 5.41 Å². The Balaban J connectivity index is 2.41. The van der Waals surface area contributed by atoms with Gasteiger partial charge in [-0.1, -0.05) is 13.8 Å². The molecule has 0 saturated carbocycles. The first-order chi connectivity index (χ1) is 4.10. The quantitative estimate of drug-likeness (QED) is 0.448. The lowest BCUT2D eigenvalue weighted by Crippen LogP contribution is -2.35. The monoisotopic (exact) mass is 126 g/mol. The van der Waals surface area contributed by atoms with Crippen LogP contribution in [0.5, 0.6) is 0 Å². The van der Waals surface area contributed by atoms with E-state index in [9.17, 15) is 0 Å². The van der Waals surface area contributed by atoms with Crippen LogP contribution in [0.25, 0.3) is 0 Å². The molecule has 0 bridgehead atoms. The van der Waals surface area contributed by atoms with E-state index in [0.717, 1.165) is 6.54 Å². The Morgan fingerprint density at radius 3 is 2.44 bits per heavy atom. The van der Waals surface area contributed by atoms with Crippen LogP contribution in [-0.2, 0) is 0 Å². The first-order valence-corrected chi connectivity index (χ1v) is 3.66. The van der Waals surface area contributed by atoms with E-state index < -0.39 is 0 Å². The third-order valence-corrected chi connectivity index (χ3v) is 1.98. The normalized spacial score (nSPS) is 28.3.